The molecule has 19 heavy (non-hydrogen) atoms. The Labute approximate surface area is 119 Å². The minimum absolute atomic E-state index is 0.331. The summed E-state index contributed by atoms with van der Waals surface area (Å²) in [7, 11) is -1.05. The Bertz CT molecular complexity index is 596. The maximum atomic E-state index is 12.9. The van der Waals surface area contributed by atoms with Gasteiger partial charge in [0.05, 0.1) is 5.75 Å². The van der Waals surface area contributed by atoms with Gasteiger partial charge >= 0.3 is 0 Å². The fraction of sp³-hybridized carbons (Fsp3) is 0.200. The van der Waals surface area contributed by atoms with Crippen molar-refractivity contribution >= 4 is 22.4 Å². The van der Waals surface area contributed by atoms with E-state index in [-0.39, 0.29) is 5.82 Å². The SMILES string of the molecule is Cc1ccc(CS(=O)Cc2ccc(F)cc2Cl)cc1. The van der Waals surface area contributed by atoms with Crippen molar-refractivity contribution in [2.75, 3.05) is 0 Å². The number of hydrogen-bond acceptors (Lipinski definition) is 1. The van der Waals surface area contributed by atoms with Gasteiger partial charge in [-0.05, 0) is 30.2 Å². The molecule has 2 rings (SSSR count). The van der Waals surface area contributed by atoms with Crippen LogP contribution in [0.3, 0.4) is 0 Å². The quantitative estimate of drug-likeness (QED) is 0.825. The van der Waals surface area contributed by atoms with Crippen molar-refractivity contribution < 1.29 is 8.60 Å². The molecule has 0 fully saturated rings. The fourth-order valence-corrected chi connectivity index (χ4v) is 3.31. The van der Waals surface area contributed by atoms with Crippen LogP contribution in [-0.4, -0.2) is 4.21 Å². The Hall–Kier alpha value is -1.19. The molecule has 0 spiro atoms. The summed E-state index contributed by atoms with van der Waals surface area (Å²) in [5, 5.41) is 0.331. The average molecular weight is 297 g/mol. The highest BCUT2D eigenvalue weighted by atomic mass is 35.5. The van der Waals surface area contributed by atoms with Crippen LogP contribution in [0.5, 0.6) is 0 Å². The van der Waals surface area contributed by atoms with E-state index in [1.165, 1.54) is 17.7 Å². The lowest BCUT2D eigenvalue weighted by molar-refractivity contribution is 0.627. The third kappa shape index (κ3) is 4.15. The van der Waals surface area contributed by atoms with Crippen LogP contribution in [0.4, 0.5) is 4.39 Å². The molecule has 0 saturated heterocycles. The molecule has 0 amide bonds. The zero-order valence-corrected chi connectivity index (χ0v) is 12.1. The number of halogens is 2. The first-order chi connectivity index (χ1) is 9.04. The molecule has 1 nitrogen and oxygen atoms in total. The van der Waals surface area contributed by atoms with Gasteiger partial charge in [-0.15, -0.1) is 0 Å². The predicted octanol–water partition coefficient (Wildman–Crippen LogP) is 4.24. The van der Waals surface area contributed by atoms with Crippen molar-refractivity contribution in [2.45, 2.75) is 18.4 Å². The van der Waals surface area contributed by atoms with Gasteiger partial charge in [0.2, 0.25) is 0 Å². The highest BCUT2D eigenvalue weighted by molar-refractivity contribution is 7.83. The van der Waals surface area contributed by atoms with E-state index in [9.17, 15) is 8.60 Å². The highest BCUT2D eigenvalue weighted by Gasteiger charge is 2.07. The van der Waals surface area contributed by atoms with E-state index in [2.05, 4.69) is 0 Å². The van der Waals surface area contributed by atoms with E-state index in [1.807, 2.05) is 31.2 Å². The Morgan fingerprint density at radius 3 is 2.42 bits per heavy atom. The molecular weight excluding hydrogens is 283 g/mol. The summed E-state index contributed by atoms with van der Waals surface area (Å²) in [4.78, 5) is 0. The second-order valence-corrected chi connectivity index (χ2v) is 6.31. The van der Waals surface area contributed by atoms with Crippen LogP contribution < -0.4 is 0 Å². The van der Waals surface area contributed by atoms with Gasteiger partial charge < -0.3 is 0 Å². The summed E-state index contributed by atoms with van der Waals surface area (Å²) >= 11 is 5.92. The van der Waals surface area contributed by atoms with Crippen molar-refractivity contribution in [1.29, 1.82) is 0 Å². The maximum absolute atomic E-state index is 12.9. The zero-order valence-electron chi connectivity index (χ0n) is 10.5. The summed E-state index contributed by atoms with van der Waals surface area (Å²) in [5.74, 6) is 0.444. The molecule has 2 aromatic carbocycles. The van der Waals surface area contributed by atoms with Crippen LogP contribution in [-0.2, 0) is 22.3 Å². The first-order valence-corrected chi connectivity index (χ1v) is 7.75. The summed E-state index contributed by atoms with van der Waals surface area (Å²) in [6.45, 7) is 2.01. The Morgan fingerprint density at radius 2 is 1.79 bits per heavy atom. The summed E-state index contributed by atoms with van der Waals surface area (Å²) in [6.07, 6.45) is 0. The monoisotopic (exact) mass is 296 g/mol. The molecule has 0 radical (unpaired) electrons. The number of aryl methyl sites for hydroxylation is 1. The van der Waals surface area contributed by atoms with Crippen molar-refractivity contribution in [3.05, 3.63) is 70.0 Å². The van der Waals surface area contributed by atoms with E-state index >= 15 is 0 Å². The molecule has 0 saturated carbocycles. The molecule has 1 atom stereocenters. The second kappa shape index (κ2) is 6.31. The van der Waals surface area contributed by atoms with Gasteiger partial charge in [0, 0.05) is 21.6 Å². The minimum Gasteiger partial charge on any atom is -0.259 e. The number of benzene rings is 2. The highest BCUT2D eigenvalue weighted by Crippen LogP contribution is 2.20. The predicted molar refractivity (Wildman–Crippen MR) is 78.1 cm³/mol. The molecular formula is C15H14ClFOS. The van der Waals surface area contributed by atoms with E-state index in [0.29, 0.717) is 22.1 Å². The molecule has 2 aromatic rings. The number of hydrogen-bond donors (Lipinski definition) is 0. The topological polar surface area (TPSA) is 17.1 Å². The Balaban J connectivity index is 2.03. The Morgan fingerprint density at radius 1 is 1.11 bits per heavy atom. The standard InChI is InChI=1S/C15H14ClFOS/c1-11-2-4-12(5-3-11)9-19(18)10-13-6-7-14(17)8-15(13)16/h2-8H,9-10H2,1H3. The third-order valence-corrected chi connectivity index (χ3v) is 4.42. The first kappa shape index (κ1) is 14.2. The molecule has 100 valence electrons. The van der Waals surface area contributed by atoms with Crippen molar-refractivity contribution in [3.8, 4) is 0 Å². The van der Waals surface area contributed by atoms with Crippen LogP contribution in [0, 0.1) is 12.7 Å². The molecule has 0 aromatic heterocycles. The van der Waals surface area contributed by atoms with Gasteiger partial charge in [-0.3, -0.25) is 4.21 Å². The molecule has 1 unspecified atom stereocenters. The van der Waals surface area contributed by atoms with Crippen LogP contribution in [0.25, 0.3) is 0 Å². The molecule has 0 bridgehead atoms. The minimum atomic E-state index is -1.05. The molecule has 0 aliphatic rings. The third-order valence-electron chi connectivity index (χ3n) is 2.78. The molecule has 0 heterocycles. The van der Waals surface area contributed by atoms with Gasteiger partial charge in [-0.2, -0.15) is 0 Å². The van der Waals surface area contributed by atoms with Crippen molar-refractivity contribution in [2.24, 2.45) is 0 Å². The van der Waals surface area contributed by atoms with Gasteiger partial charge in [0.25, 0.3) is 0 Å². The number of rotatable bonds is 4. The molecule has 0 aliphatic carbocycles. The lowest BCUT2D eigenvalue weighted by Gasteiger charge is -2.05. The van der Waals surface area contributed by atoms with E-state index in [0.717, 1.165) is 5.56 Å². The van der Waals surface area contributed by atoms with Gasteiger partial charge in [0.1, 0.15) is 5.82 Å². The second-order valence-electron chi connectivity index (χ2n) is 4.45. The summed E-state index contributed by atoms with van der Waals surface area (Å²) < 4.78 is 25.0. The molecule has 4 heteroatoms. The zero-order chi connectivity index (χ0) is 13.8. The van der Waals surface area contributed by atoms with Crippen LogP contribution >= 0.6 is 11.6 Å². The van der Waals surface area contributed by atoms with Crippen LogP contribution in [0.1, 0.15) is 16.7 Å². The smallest absolute Gasteiger partial charge is 0.124 e. The lowest BCUT2D eigenvalue weighted by Crippen LogP contribution is -2.00. The lowest BCUT2D eigenvalue weighted by atomic mass is 10.2. The van der Waals surface area contributed by atoms with Crippen LogP contribution in [0.2, 0.25) is 5.02 Å². The van der Waals surface area contributed by atoms with Gasteiger partial charge in [-0.25, -0.2) is 4.39 Å². The normalized spacial score (nSPS) is 12.4. The summed E-state index contributed by atoms with van der Waals surface area (Å²) in [5.41, 5.74) is 2.92. The maximum Gasteiger partial charge on any atom is 0.124 e. The van der Waals surface area contributed by atoms with Gasteiger partial charge in [0.15, 0.2) is 0 Å². The van der Waals surface area contributed by atoms with E-state index in [4.69, 9.17) is 11.6 Å². The summed E-state index contributed by atoms with van der Waals surface area (Å²) in [6, 6.07) is 12.1. The van der Waals surface area contributed by atoms with Gasteiger partial charge in [-0.1, -0.05) is 47.5 Å². The van der Waals surface area contributed by atoms with E-state index < -0.39 is 10.8 Å². The Kier molecular flexibility index (Phi) is 4.72. The van der Waals surface area contributed by atoms with E-state index in [1.54, 1.807) is 6.07 Å². The van der Waals surface area contributed by atoms with Crippen molar-refractivity contribution in [1.82, 2.24) is 0 Å². The fourth-order valence-electron chi connectivity index (χ4n) is 1.73. The van der Waals surface area contributed by atoms with Crippen molar-refractivity contribution in [3.63, 3.8) is 0 Å². The molecule has 0 N–H and O–H groups in total. The molecule has 0 aliphatic heterocycles. The largest absolute Gasteiger partial charge is 0.259 e. The average Bonchev–Trinajstić information content (AvgIpc) is 2.36. The first-order valence-electron chi connectivity index (χ1n) is 5.89. The van der Waals surface area contributed by atoms with Crippen LogP contribution in [0.15, 0.2) is 42.5 Å².